The Hall–Kier alpha value is -1.31. The quantitative estimate of drug-likeness (QED) is 0.667. The molecule has 0 aromatic rings. The van der Waals surface area contributed by atoms with E-state index in [1.54, 1.807) is 0 Å². The first-order chi connectivity index (χ1) is 9.61. The molecule has 0 radical (unpaired) electrons. The van der Waals surface area contributed by atoms with E-state index in [4.69, 9.17) is 0 Å². The lowest BCUT2D eigenvalue weighted by Crippen LogP contribution is -2.32. The van der Waals surface area contributed by atoms with Gasteiger partial charge in [-0.2, -0.15) is 0 Å². The summed E-state index contributed by atoms with van der Waals surface area (Å²) in [6, 6.07) is 0. The van der Waals surface area contributed by atoms with Crippen LogP contribution in [0.15, 0.2) is 36.0 Å². The van der Waals surface area contributed by atoms with Crippen molar-refractivity contribution in [3.05, 3.63) is 36.0 Å². The molecule has 0 aromatic heterocycles. The molecule has 2 nitrogen and oxygen atoms in total. The van der Waals surface area contributed by atoms with E-state index >= 15 is 0 Å². The van der Waals surface area contributed by atoms with E-state index in [1.165, 1.54) is 24.0 Å². The number of carbonyl (C=O) groups is 1. The molecular weight excluding hydrogens is 246 g/mol. The Bertz CT molecular complexity index is 429. The summed E-state index contributed by atoms with van der Waals surface area (Å²) in [5.41, 5.74) is 2.96. The topological polar surface area (TPSA) is 20.3 Å². The van der Waals surface area contributed by atoms with Crippen LogP contribution in [0.25, 0.3) is 0 Å². The van der Waals surface area contributed by atoms with Crippen molar-refractivity contribution in [1.82, 2.24) is 4.90 Å². The van der Waals surface area contributed by atoms with Crippen LogP contribution in [0, 0.1) is 11.8 Å². The van der Waals surface area contributed by atoms with Gasteiger partial charge in [0.2, 0.25) is 5.91 Å². The van der Waals surface area contributed by atoms with Gasteiger partial charge >= 0.3 is 0 Å². The van der Waals surface area contributed by atoms with Crippen LogP contribution in [0.5, 0.6) is 0 Å². The molecule has 1 amide bonds. The molecule has 1 atom stereocenters. The summed E-state index contributed by atoms with van der Waals surface area (Å²) in [7, 11) is 0. The molecule has 1 fully saturated rings. The summed E-state index contributed by atoms with van der Waals surface area (Å²) in [5.74, 6) is 1.28. The van der Waals surface area contributed by atoms with E-state index in [0.29, 0.717) is 24.3 Å². The van der Waals surface area contributed by atoms with Crippen LogP contribution in [-0.4, -0.2) is 23.9 Å². The molecule has 0 N–H and O–H groups in total. The van der Waals surface area contributed by atoms with Crippen molar-refractivity contribution in [2.75, 3.05) is 13.1 Å². The first-order valence-electron chi connectivity index (χ1n) is 7.83. The number of carbonyl (C=O) groups excluding carboxylic acids is 1. The van der Waals surface area contributed by atoms with Gasteiger partial charge in [-0.15, -0.1) is 6.58 Å². The Labute approximate surface area is 123 Å². The summed E-state index contributed by atoms with van der Waals surface area (Å²) >= 11 is 0. The standard InChI is InChI=1S/C18H27NO/c1-4-12-19(18(20)17-9-10-17)13-11-15(3)16-7-5-14(2)6-8-16/h4-5,11,16-17H,1,6-10,12-13H2,2-3H3. The minimum Gasteiger partial charge on any atom is -0.335 e. The Morgan fingerprint density at radius 1 is 1.35 bits per heavy atom. The summed E-state index contributed by atoms with van der Waals surface area (Å²) in [5, 5.41) is 0. The van der Waals surface area contributed by atoms with Crippen molar-refractivity contribution < 1.29 is 4.79 Å². The fourth-order valence-corrected chi connectivity index (χ4v) is 2.80. The zero-order chi connectivity index (χ0) is 14.5. The maximum atomic E-state index is 12.2. The van der Waals surface area contributed by atoms with Crippen molar-refractivity contribution in [3.8, 4) is 0 Å². The Kier molecular flexibility index (Phi) is 5.22. The Morgan fingerprint density at radius 3 is 2.65 bits per heavy atom. The number of amides is 1. The molecule has 0 aromatic carbocycles. The first kappa shape index (κ1) is 15.1. The maximum Gasteiger partial charge on any atom is 0.226 e. The molecule has 1 saturated carbocycles. The van der Waals surface area contributed by atoms with E-state index in [0.717, 1.165) is 25.8 Å². The van der Waals surface area contributed by atoms with Crippen molar-refractivity contribution in [1.29, 1.82) is 0 Å². The highest BCUT2D eigenvalue weighted by Gasteiger charge is 2.32. The average Bonchev–Trinajstić information content (AvgIpc) is 3.27. The van der Waals surface area contributed by atoms with Crippen LogP contribution in [-0.2, 0) is 4.79 Å². The van der Waals surface area contributed by atoms with Crippen molar-refractivity contribution in [2.24, 2.45) is 11.8 Å². The number of rotatable bonds is 6. The summed E-state index contributed by atoms with van der Waals surface area (Å²) in [4.78, 5) is 14.1. The van der Waals surface area contributed by atoms with E-state index in [1.807, 2.05) is 11.0 Å². The van der Waals surface area contributed by atoms with Crippen LogP contribution in [0.1, 0.15) is 46.0 Å². The molecule has 0 saturated heterocycles. The minimum absolute atomic E-state index is 0.295. The molecule has 2 aliphatic rings. The van der Waals surface area contributed by atoms with Gasteiger partial charge in [-0.3, -0.25) is 4.79 Å². The molecule has 1 unspecified atom stereocenters. The fraction of sp³-hybridized carbons (Fsp3) is 0.611. The molecule has 20 heavy (non-hydrogen) atoms. The molecule has 110 valence electrons. The predicted octanol–water partition coefficient (Wildman–Crippen LogP) is 4.10. The second kappa shape index (κ2) is 6.92. The van der Waals surface area contributed by atoms with E-state index < -0.39 is 0 Å². The summed E-state index contributed by atoms with van der Waals surface area (Å²) in [6.45, 7) is 9.61. The molecule has 0 spiro atoms. The third kappa shape index (κ3) is 4.09. The molecule has 2 heteroatoms. The highest BCUT2D eigenvalue weighted by Crippen LogP contribution is 2.31. The lowest BCUT2D eigenvalue weighted by Gasteiger charge is -2.23. The van der Waals surface area contributed by atoms with Gasteiger partial charge in [0.1, 0.15) is 0 Å². The second-order valence-electron chi connectivity index (χ2n) is 6.28. The summed E-state index contributed by atoms with van der Waals surface area (Å²) < 4.78 is 0. The van der Waals surface area contributed by atoms with E-state index in [-0.39, 0.29) is 0 Å². The van der Waals surface area contributed by atoms with Gasteiger partial charge < -0.3 is 4.90 Å². The number of hydrogen-bond acceptors (Lipinski definition) is 1. The van der Waals surface area contributed by atoms with Crippen molar-refractivity contribution in [3.63, 3.8) is 0 Å². The highest BCUT2D eigenvalue weighted by molar-refractivity contribution is 5.81. The first-order valence-corrected chi connectivity index (χ1v) is 7.83. The average molecular weight is 273 g/mol. The highest BCUT2D eigenvalue weighted by atomic mass is 16.2. The lowest BCUT2D eigenvalue weighted by molar-refractivity contribution is -0.131. The third-order valence-electron chi connectivity index (χ3n) is 4.50. The lowest BCUT2D eigenvalue weighted by atomic mass is 9.85. The van der Waals surface area contributed by atoms with Gasteiger partial charge in [0.15, 0.2) is 0 Å². The minimum atomic E-state index is 0.295. The normalized spacial score (nSPS) is 23.2. The largest absolute Gasteiger partial charge is 0.335 e. The smallest absolute Gasteiger partial charge is 0.226 e. The maximum absolute atomic E-state index is 12.2. The van der Waals surface area contributed by atoms with Gasteiger partial charge in [-0.1, -0.05) is 29.4 Å². The van der Waals surface area contributed by atoms with Crippen LogP contribution < -0.4 is 0 Å². The van der Waals surface area contributed by atoms with Gasteiger partial charge in [-0.25, -0.2) is 0 Å². The van der Waals surface area contributed by atoms with Gasteiger partial charge in [0.05, 0.1) is 0 Å². The van der Waals surface area contributed by atoms with Crippen LogP contribution in [0.2, 0.25) is 0 Å². The van der Waals surface area contributed by atoms with Crippen LogP contribution >= 0.6 is 0 Å². The monoisotopic (exact) mass is 273 g/mol. The van der Waals surface area contributed by atoms with Crippen molar-refractivity contribution >= 4 is 5.91 Å². The number of hydrogen-bond donors (Lipinski definition) is 0. The van der Waals surface area contributed by atoms with Gasteiger partial charge in [0, 0.05) is 19.0 Å². The number of nitrogens with zero attached hydrogens (tertiary/aromatic N) is 1. The SMILES string of the molecule is C=CCN(CC=C(C)C1CC=C(C)CC1)C(=O)C1CC1. The van der Waals surface area contributed by atoms with Crippen LogP contribution in [0.3, 0.4) is 0 Å². The molecule has 2 rings (SSSR count). The molecular formula is C18H27NO. The fourth-order valence-electron chi connectivity index (χ4n) is 2.80. The Morgan fingerprint density at radius 2 is 2.10 bits per heavy atom. The van der Waals surface area contributed by atoms with Crippen LogP contribution in [0.4, 0.5) is 0 Å². The van der Waals surface area contributed by atoms with Crippen molar-refractivity contribution in [2.45, 2.75) is 46.0 Å². The Balaban J connectivity index is 1.91. The molecule has 0 aliphatic heterocycles. The zero-order valence-electron chi connectivity index (χ0n) is 12.9. The molecule has 0 heterocycles. The number of allylic oxidation sites excluding steroid dienone is 3. The summed E-state index contributed by atoms with van der Waals surface area (Å²) in [6.07, 6.45) is 12.2. The van der Waals surface area contributed by atoms with E-state index in [2.05, 4.69) is 32.6 Å². The van der Waals surface area contributed by atoms with Gasteiger partial charge in [0.25, 0.3) is 0 Å². The predicted molar refractivity (Wildman–Crippen MR) is 84.4 cm³/mol. The van der Waals surface area contributed by atoms with E-state index in [9.17, 15) is 4.79 Å². The molecule has 2 aliphatic carbocycles. The molecule has 0 bridgehead atoms. The van der Waals surface area contributed by atoms with Gasteiger partial charge in [-0.05, 0) is 51.9 Å². The zero-order valence-corrected chi connectivity index (χ0v) is 12.9. The third-order valence-corrected chi connectivity index (χ3v) is 4.50. The second-order valence-corrected chi connectivity index (χ2v) is 6.28.